The summed E-state index contributed by atoms with van der Waals surface area (Å²) in [6.45, 7) is 4.61. The maximum atomic E-state index is 6.18. The third-order valence-electron chi connectivity index (χ3n) is 6.27. The zero-order chi connectivity index (χ0) is 19.6. The SMILES string of the molecule is CC1(C)c2ccccc2-c2ccc(Nc3cccc4c3oc3ccccc34)cc21. The molecule has 6 rings (SSSR count). The molecule has 1 aliphatic carbocycles. The summed E-state index contributed by atoms with van der Waals surface area (Å²) >= 11 is 0. The zero-order valence-electron chi connectivity index (χ0n) is 16.5. The first-order valence-electron chi connectivity index (χ1n) is 10.0. The minimum atomic E-state index is -0.00497. The van der Waals surface area contributed by atoms with Crippen LogP contribution in [0.1, 0.15) is 25.0 Å². The van der Waals surface area contributed by atoms with Crippen LogP contribution in [-0.4, -0.2) is 0 Å². The minimum absolute atomic E-state index is 0.00497. The molecule has 1 aliphatic rings. The van der Waals surface area contributed by atoms with E-state index in [9.17, 15) is 0 Å². The Morgan fingerprint density at radius 3 is 2.38 bits per heavy atom. The van der Waals surface area contributed by atoms with Crippen molar-refractivity contribution in [3.05, 3.63) is 96.1 Å². The average Bonchev–Trinajstić information content (AvgIpc) is 3.23. The van der Waals surface area contributed by atoms with Crippen molar-refractivity contribution in [3.8, 4) is 11.1 Å². The molecule has 0 amide bonds. The van der Waals surface area contributed by atoms with E-state index >= 15 is 0 Å². The van der Waals surface area contributed by atoms with Crippen molar-refractivity contribution in [2.75, 3.05) is 5.32 Å². The van der Waals surface area contributed by atoms with Gasteiger partial charge in [0.1, 0.15) is 5.58 Å². The van der Waals surface area contributed by atoms with E-state index in [0.29, 0.717) is 0 Å². The van der Waals surface area contributed by atoms with Gasteiger partial charge in [0, 0.05) is 21.9 Å². The second-order valence-electron chi connectivity index (χ2n) is 8.34. The number of para-hydroxylation sites is 2. The Morgan fingerprint density at radius 2 is 1.45 bits per heavy atom. The molecular formula is C27H21NO. The molecule has 4 aromatic carbocycles. The van der Waals surface area contributed by atoms with Gasteiger partial charge in [-0.15, -0.1) is 0 Å². The number of furan rings is 1. The van der Waals surface area contributed by atoms with Gasteiger partial charge in [-0.3, -0.25) is 0 Å². The van der Waals surface area contributed by atoms with Gasteiger partial charge < -0.3 is 9.73 Å². The highest BCUT2D eigenvalue weighted by Crippen LogP contribution is 2.49. The summed E-state index contributed by atoms with van der Waals surface area (Å²) in [5.74, 6) is 0. The molecule has 0 aliphatic heterocycles. The normalized spacial score (nSPS) is 14.1. The van der Waals surface area contributed by atoms with Crippen LogP contribution in [0.4, 0.5) is 11.4 Å². The van der Waals surface area contributed by atoms with Gasteiger partial charge in [-0.2, -0.15) is 0 Å². The lowest BCUT2D eigenvalue weighted by Gasteiger charge is -2.22. The van der Waals surface area contributed by atoms with Crippen molar-refractivity contribution in [1.29, 1.82) is 0 Å². The number of nitrogens with one attached hydrogen (secondary N) is 1. The smallest absolute Gasteiger partial charge is 0.158 e. The summed E-state index contributed by atoms with van der Waals surface area (Å²) in [5, 5.41) is 5.90. The molecule has 140 valence electrons. The lowest BCUT2D eigenvalue weighted by molar-refractivity contribution is 0.660. The first-order chi connectivity index (χ1) is 14.1. The number of rotatable bonds is 2. The molecular weight excluding hydrogens is 354 g/mol. The quantitative estimate of drug-likeness (QED) is 0.343. The van der Waals surface area contributed by atoms with E-state index in [2.05, 4.69) is 92.0 Å². The van der Waals surface area contributed by atoms with Crippen LogP contribution in [0.5, 0.6) is 0 Å². The third kappa shape index (κ3) is 2.29. The largest absolute Gasteiger partial charge is 0.454 e. The standard InChI is InChI=1S/C27H21NO/c1-27(2)22-11-5-3-8-18(22)19-15-14-17(16-23(19)27)28-24-12-7-10-21-20-9-4-6-13-25(20)29-26(21)24/h3-16,28H,1-2H3. The molecule has 0 atom stereocenters. The molecule has 0 bridgehead atoms. The van der Waals surface area contributed by atoms with Crippen molar-refractivity contribution in [3.63, 3.8) is 0 Å². The summed E-state index contributed by atoms with van der Waals surface area (Å²) in [6.07, 6.45) is 0. The van der Waals surface area contributed by atoms with Crippen LogP contribution < -0.4 is 5.32 Å². The van der Waals surface area contributed by atoms with Gasteiger partial charge in [0.25, 0.3) is 0 Å². The van der Waals surface area contributed by atoms with E-state index in [-0.39, 0.29) is 5.41 Å². The van der Waals surface area contributed by atoms with Crippen molar-refractivity contribution in [1.82, 2.24) is 0 Å². The van der Waals surface area contributed by atoms with Crippen molar-refractivity contribution < 1.29 is 4.42 Å². The summed E-state index contributed by atoms with van der Waals surface area (Å²) in [4.78, 5) is 0. The van der Waals surface area contributed by atoms with E-state index < -0.39 is 0 Å². The van der Waals surface area contributed by atoms with E-state index in [4.69, 9.17) is 4.42 Å². The predicted octanol–water partition coefficient (Wildman–Crippen LogP) is 7.64. The highest BCUT2D eigenvalue weighted by molar-refractivity contribution is 6.09. The van der Waals surface area contributed by atoms with Crippen LogP contribution in [0.2, 0.25) is 0 Å². The molecule has 0 spiro atoms. The van der Waals surface area contributed by atoms with Gasteiger partial charge >= 0.3 is 0 Å². The lowest BCUT2D eigenvalue weighted by Crippen LogP contribution is -2.15. The Morgan fingerprint density at radius 1 is 0.690 bits per heavy atom. The predicted molar refractivity (Wildman–Crippen MR) is 121 cm³/mol. The van der Waals surface area contributed by atoms with Crippen LogP contribution in [0.15, 0.2) is 89.3 Å². The Balaban J connectivity index is 1.47. The fourth-order valence-electron chi connectivity index (χ4n) is 4.78. The van der Waals surface area contributed by atoms with E-state index in [1.54, 1.807) is 0 Å². The van der Waals surface area contributed by atoms with E-state index in [0.717, 1.165) is 33.3 Å². The topological polar surface area (TPSA) is 25.2 Å². The van der Waals surface area contributed by atoms with Crippen LogP contribution in [0.25, 0.3) is 33.1 Å². The minimum Gasteiger partial charge on any atom is -0.454 e. The fourth-order valence-corrected chi connectivity index (χ4v) is 4.78. The summed E-state index contributed by atoms with van der Waals surface area (Å²) in [5.41, 5.74) is 9.32. The van der Waals surface area contributed by atoms with Gasteiger partial charge in [0.15, 0.2) is 5.58 Å². The second kappa shape index (κ2) is 5.74. The van der Waals surface area contributed by atoms with E-state index in [1.807, 2.05) is 12.1 Å². The van der Waals surface area contributed by atoms with Gasteiger partial charge in [0.2, 0.25) is 0 Å². The number of fused-ring (bicyclic) bond motifs is 6. The van der Waals surface area contributed by atoms with Crippen molar-refractivity contribution >= 4 is 33.3 Å². The maximum absolute atomic E-state index is 6.18. The number of anilines is 2. The molecule has 0 saturated carbocycles. The van der Waals surface area contributed by atoms with Gasteiger partial charge in [0.05, 0.1) is 5.69 Å². The Kier molecular flexibility index (Phi) is 3.25. The molecule has 29 heavy (non-hydrogen) atoms. The zero-order valence-corrected chi connectivity index (χ0v) is 16.5. The average molecular weight is 375 g/mol. The highest BCUT2D eigenvalue weighted by Gasteiger charge is 2.35. The fraction of sp³-hybridized carbons (Fsp3) is 0.111. The molecule has 0 radical (unpaired) electrons. The molecule has 5 aromatic rings. The number of hydrogen-bond donors (Lipinski definition) is 1. The van der Waals surface area contributed by atoms with Gasteiger partial charge in [-0.05, 0) is 46.5 Å². The monoisotopic (exact) mass is 375 g/mol. The van der Waals surface area contributed by atoms with Crippen LogP contribution in [0, 0.1) is 0 Å². The van der Waals surface area contributed by atoms with Crippen LogP contribution in [-0.2, 0) is 5.41 Å². The Labute approximate surface area is 169 Å². The van der Waals surface area contributed by atoms with Crippen molar-refractivity contribution in [2.45, 2.75) is 19.3 Å². The molecule has 0 saturated heterocycles. The van der Waals surface area contributed by atoms with Gasteiger partial charge in [-0.1, -0.05) is 74.5 Å². The Bertz CT molecular complexity index is 1410. The molecule has 1 aromatic heterocycles. The number of benzene rings is 4. The number of hydrogen-bond acceptors (Lipinski definition) is 2. The first kappa shape index (κ1) is 16.4. The molecule has 1 heterocycles. The first-order valence-corrected chi connectivity index (χ1v) is 10.0. The maximum Gasteiger partial charge on any atom is 0.158 e. The highest BCUT2D eigenvalue weighted by atomic mass is 16.3. The Hall–Kier alpha value is -3.52. The van der Waals surface area contributed by atoms with E-state index in [1.165, 1.54) is 22.3 Å². The summed E-state index contributed by atoms with van der Waals surface area (Å²) in [7, 11) is 0. The third-order valence-corrected chi connectivity index (χ3v) is 6.27. The summed E-state index contributed by atoms with van der Waals surface area (Å²) < 4.78 is 6.18. The van der Waals surface area contributed by atoms with Crippen LogP contribution in [0.3, 0.4) is 0 Å². The molecule has 2 nitrogen and oxygen atoms in total. The lowest BCUT2D eigenvalue weighted by atomic mass is 9.82. The van der Waals surface area contributed by atoms with Crippen molar-refractivity contribution in [2.24, 2.45) is 0 Å². The molecule has 2 heteroatoms. The summed E-state index contributed by atoms with van der Waals surface area (Å²) in [6, 6.07) is 29.9. The molecule has 1 N–H and O–H groups in total. The molecule has 0 unspecified atom stereocenters. The van der Waals surface area contributed by atoms with Crippen LogP contribution >= 0.6 is 0 Å². The van der Waals surface area contributed by atoms with Gasteiger partial charge in [-0.25, -0.2) is 0 Å². The second-order valence-corrected chi connectivity index (χ2v) is 8.34. The molecule has 0 fully saturated rings.